The van der Waals surface area contributed by atoms with Crippen LogP contribution in [0.25, 0.3) is 6.08 Å². The summed E-state index contributed by atoms with van der Waals surface area (Å²) in [5.74, 6) is 0.606. The molecule has 0 saturated carbocycles. The van der Waals surface area contributed by atoms with Crippen LogP contribution < -0.4 is 23.0 Å². The molecule has 1 aromatic rings. The Bertz CT molecular complexity index is 673. The van der Waals surface area contributed by atoms with Gasteiger partial charge in [-0.2, -0.15) is 0 Å². The number of nitrogens with zero attached hydrogens (tertiary/aromatic N) is 3. The van der Waals surface area contributed by atoms with Crippen molar-refractivity contribution in [2.75, 3.05) is 44.3 Å². The molecule has 0 aliphatic carbocycles. The average molecular weight is 381 g/mol. The van der Waals surface area contributed by atoms with E-state index in [2.05, 4.69) is 58.7 Å². The second-order valence-electron chi connectivity index (χ2n) is 5.75. The number of amidine groups is 2. The van der Waals surface area contributed by atoms with Crippen molar-refractivity contribution >= 4 is 34.5 Å². The molecule has 136 valence electrons. The van der Waals surface area contributed by atoms with Crippen LogP contribution in [0.4, 0.5) is 5.69 Å². The molecule has 0 unspecified atom stereocenters. The summed E-state index contributed by atoms with van der Waals surface area (Å²) in [6.45, 7) is 9.66. The van der Waals surface area contributed by atoms with Gasteiger partial charge in [-0.25, -0.2) is 4.58 Å². The summed E-state index contributed by atoms with van der Waals surface area (Å²) < 4.78 is 7.64. The maximum atomic E-state index is 6.12. The number of nitrogens with two attached hydrogens (primary N) is 1. The topological polar surface area (TPSA) is 53.9 Å². The fraction of sp³-hybridized carbons (Fsp3) is 0.444. The highest BCUT2D eigenvalue weighted by Crippen LogP contribution is 2.28. The predicted molar refractivity (Wildman–Crippen MR) is 103 cm³/mol. The lowest BCUT2D eigenvalue weighted by Crippen LogP contribution is -3.00. The first-order valence-corrected chi connectivity index (χ1v) is 9.31. The predicted octanol–water partition coefficient (Wildman–Crippen LogP) is -0.620. The molecule has 5 nitrogen and oxygen atoms in total. The van der Waals surface area contributed by atoms with Crippen LogP contribution in [0, 0.1) is 0 Å². The fourth-order valence-electron chi connectivity index (χ4n) is 2.85. The van der Waals surface area contributed by atoms with E-state index in [0.29, 0.717) is 5.84 Å². The van der Waals surface area contributed by atoms with Crippen molar-refractivity contribution in [1.82, 2.24) is 0 Å². The summed E-state index contributed by atoms with van der Waals surface area (Å²) in [5.41, 5.74) is 8.52. The van der Waals surface area contributed by atoms with E-state index in [0.717, 1.165) is 55.0 Å². The van der Waals surface area contributed by atoms with Gasteiger partial charge in [0.1, 0.15) is 13.1 Å². The average Bonchev–Trinajstić information content (AvgIpc) is 2.99. The van der Waals surface area contributed by atoms with Crippen LogP contribution in [-0.2, 0) is 4.74 Å². The fourth-order valence-corrected chi connectivity index (χ4v) is 3.84. The van der Waals surface area contributed by atoms with Gasteiger partial charge in [-0.15, -0.1) is 0 Å². The molecule has 0 atom stereocenters. The number of halogens is 1. The zero-order valence-electron chi connectivity index (χ0n) is 14.7. The van der Waals surface area contributed by atoms with Gasteiger partial charge in [0.15, 0.2) is 0 Å². The van der Waals surface area contributed by atoms with Crippen molar-refractivity contribution in [2.45, 2.75) is 13.8 Å². The number of ether oxygens (including phenoxy) is 1. The summed E-state index contributed by atoms with van der Waals surface area (Å²) in [6, 6.07) is 8.61. The Kier molecular flexibility index (Phi) is 7.35. The van der Waals surface area contributed by atoms with Crippen LogP contribution in [0.3, 0.4) is 0 Å². The Balaban J connectivity index is 0.00000225. The number of rotatable bonds is 4. The number of benzene rings is 1. The molecule has 7 heteroatoms. The van der Waals surface area contributed by atoms with Crippen LogP contribution in [0.5, 0.6) is 0 Å². The Morgan fingerprint density at radius 2 is 1.84 bits per heavy atom. The highest BCUT2D eigenvalue weighted by Gasteiger charge is 2.29. The first-order valence-electron chi connectivity index (χ1n) is 8.50. The third-order valence-electron chi connectivity index (χ3n) is 4.27. The smallest absolute Gasteiger partial charge is 0.362 e. The second-order valence-corrected chi connectivity index (χ2v) is 6.76. The van der Waals surface area contributed by atoms with Crippen molar-refractivity contribution < 1.29 is 21.7 Å². The zero-order valence-corrected chi connectivity index (χ0v) is 16.3. The van der Waals surface area contributed by atoms with Gasteiger partial charge in [-0.05, 0) is 42.6 Å². The standard InChI is InChI=1S/C18H24N4OS.ClH/c1-3-21(4-2)15-7-5-14(6-8-15)13-16-17(19)20-18(24-16)22-9-11-23-12-10-22;/h5-8,13,19H,3-4,9-12H2,1-2H3;1H/b16-13-;. The van der Waals surface area contributed by atoms with Crippen LogP contribution in [0.2, 0.25) is 0 Å². The van der Waals surface area contributed by atoms with E-state index in [-0.39, 0.29) is 12.4 Å². The van der Waals surface area contributed by atoms with Crippen LogP contribution in [0.1, 0.15) is 19.4 Å². The van der Waals surface area contributed by atoms with Gasteiger partial charge in [0.25, 0.3) is 5.84 Å². The van der Waals surface area contributed by atoms with E-state index in [1.54, 1.807) is 11.8 Å². The minimum Gasteiger partial charge on any atom is -1.00 e. The molecule has 1 fully saturated rings. The van der Waals surface area contributed by atoms with Crippen molar-refractivity contribution in [3.8, 4) is 0 Å². The van der Waals surface area contributed by atoms with Gasteiger partial charge in [-0.3, -0.25) is 0 Å². The Morgan fingerprint density at radius 1 is 1.20 bits per heavy atom. The lowest BCUT2D eigenvalue weighted by Gasteiger charge is -2.20. The summed E-state index contributed by atoms with van der Waals surface area (Å²) in [6.07, 6.45) is 2.11. The Labute approximate surface area is 160 Å². The van der Waals surface area contributed by atoms with Crippen molar-refractivity contribution in [3.63, 3.8) is 0 Å². The lowest BCUT2D eigenvalue weighted by molar-refractivity contribution is -0.547. The van der Waals surface area contributed by atoms with E-state index in [9.17, 15) is 0 Å². The number of morpholine rings is 1. The monoisotopic (exact) mass is 380 g/mol. The number of hydrogen-bond donors (Lipinski definition) is 1. The summed E-state index contributed by atoms with van der Waals surface area (Å²) >= 11 is 1.65. The first-order chi connectivity index (χ1) is 11.7. The molecule has 0 spiro atoms. The molecular weight excluding hydrogens is 356 g/mol. The number of hydrogen-bond acceptors (Lipinski definition) is 4. The molecule has 2 aliphatic heterocycles. The molecule has 0 bridgehead atoms. The molecular formula is C18H25ClN4OS. The number of anilines is 1. The highest BCUT2D eigenvalue weighted by atomic mass is 35.5. The lowest BCUT2D eigenvalue weighted by atomic mass is 10.1. The van der Waals surface area contributed by atoms with Crippen LogP contribution in [-0.4, -0.2) is 55.0 Å². The Morgan fingerprint density at radius 3 is 2.44 bits per heavy atom. The van der Waals surface area contributed by atoms with Gasteiger partial charge >= 0.3 is 5.17 Å². The summed E-state index contributed by atoms with van der Waals surface area (Å²) in [5, 5.41) is 0.988. The van der Waals surface area contributed by atoms with Crippen LogP contribution >= 0.6 is 11.8 Å². The maximum absolute atomic E-state index is 6.12. The van der Waals surface area contributed by atoms with Crippen LogP contribution in [0.15, 0.2) is 34.2 Å². The quantitative estimate of drug-likeness (QED) is 0.707. The Hall–Kier alpha value is -1.50. The molecule has 2 heterocycles. The molecule has 0 radical (unpaired) electrons. The van der Waals surface area contributed by atoms with Gasteiger partial charge < -0.3 is 27.8 Å². The molecule has 0 aromatic heterocycles. The van der Waals surface area contributed by atoms with E-state index in [1.807, 2.05) is 0 Å². The van der Waals surface area contributed by atoms with Gasteiger partial charge in [0.2, 0.25) is 0 Å². The molecule has 3 rings (SSSR count). The second kappa shape index (κ2) is 9.27. The third kappa shape index (κ3) is 4.77. The van der Waals surface area contributed by atoms with E-state index < -0.39 is 0 Å². The molecule has 1 saturated heterocycles. The molecule has 0 amide bonds. The molecule has 2 N–H and O–H groups in total. The van der Waals surface area contributed by atoms with Crippen molar-refractivity contribution in [3.05, 3.63) is 34.7 Å². The van der Waals surface area contributed by atoms with Crippen molar-refractivity contribution in [2.24, 2.45) is 10.7 Å². The molecule has 2 aliphatic rings. The largest absolute Gasteiger partial charge is 1.00 e. The summed E-state index contributed by atoms with van der Waals surface area (Å²) in [4.78, 5) is 7.89. The first kappa shape index (κ1) is 19.8. The normalized spacial score (nSPS) is 19.0. The van der Waals surface area contributed by atoms with E-state index in [4.69, 9.17) is 10.5 Å². The van der Waals surface area contributed by atoms with Crippen molar-refractivity contribution in [1.29, 1.82) is 0 Å². The molecule has 1 aromatic carbocycles. The number of aliphatic imine (C=N–C) groups is 1. The number of thioether (sulfide) groups is 1. The third-order valence-corrected chi connectivity index (χ3v) is 5.35. The van der Waals surface area contributed by atoms with Gasteiger partial charge in [0, 0.05) is 30.5 Å². The van der Waals surface area contributed by atoms with Gasteiger partial charge in [-0.1, -0.05) is 12.1 Å². The molecule has 25 heavy (non-hydrogen) atoms. The zero-order chi connectivity index (χ0) is 16.9. The van der Waals surface area contributed by atoms with E-state index >= 15 is 0 Å². The summed E-state index contributed by atoms with van der Waals surface area (Å²) in [7, 11) is 0. The maximum Gasteiger partial charge on any atom is 0.362 e. The highest BCUT2D eigenvalue weighted by molar-refractivity contribution is 8.18. The SMILES string of the molecule is CCN(CC)c1ccc(/C=C2\SC(=[N+]3CCOCC3)N=C2N)cc1.[Cl-]. The van der Waals surface area contributed by atoms with E-state index in [1.165, 1.54) is 5.69 Å². The minimum absolute atomic E-state index is 0. The van der Waals surface area contributed by atoms with Gasteiger partial charge in [0.05, 0.1) is 18.1 Å². The minimum atomic E-state index is 0.